The van der Waals surface area contributed by atoms with Crippen LogP contribution in [0.5, 0.6) is 0 Å². The Morgan fingerprint density at radius 1 is 1.26 bits per heavy atom. The number of anilines is 1. The van der Waals surface area contributed by atoms with E-state index in [0.29, 0.717) is 0 Å². The summed E-state index contributed by atoms with van der Waals surface area (Å²) >= 11 is 1.69. The Morgan fingerprint density at radius 3 is 2.95 bits per heavy atom. The van der Waals surface area contributed by atoms with Gasteiger partial charge in [-0.25, -0.2) is 9.97 Å². The monoisotopic (exact) mass is 276 g/mol. The van der Waals surface area contributed by atoms with Crippen molar-refractivity contribution in [3.63, 3.8) is 0 Å². The molecule has 3 rings (SSSR count). The highest BCUT2D eigenvalue weighted by atomic mass is 32.1. The Hall–Kier alpha value is -1.20. The van der Waals surface area contributed by atoms with Gasteiger partial charge < -0.3 is 10.2 Å². The lowest BCUT2D eigenvalue weighted by molar-refractivity contribution is 0.237. The van der Waals surface area contributed by atoms with E-state index in [2.05, 4.69) is 32.5 Å². The van der Waals surface area contributed by atoms with E-state index in [1.54, 1.807) is 17.7 Å². The van der Waals surface area contributed by atoms with Crippen molar-refractivity contribution in [3.05, 3.63) is 17.3 Å². The van der Waals surface area contributed by atoms with Gasteiger partial charge in [-0.05, 0) is 43.8 Å². The summed E-state index contributed by atoms with van der Waals surface area (Å²) in [6.07, 6.45) is 5.74. The maximum absolute atomic E-state index is 4.39. The number of thiophene rings is 1. The van der Waals surface area contributed by atoms with Crippen LogP contribution < -0.4 is 5.32 Å². The van der Waals surface area contributed by atoms with Crippen LogP contribution in [0.15, 0.2) is 11.7 Å². The number of rotatable bonds is 4. The van der Waals surface area contributed by atoms with Crippen molar-refractivity contribution in [2.24, 2.45) is 0 Å². The largest absolute Gasteiger partial charge is 0.368 e. The molecule has 0 radical (unpaired) electrons. The van der Waals surface area contributed by atoms with Gasteiger partial charge in [0.2, 0.25) is 0 Å². The molecule has 19 heavy (non-hydrogen) atoms. The van der Waals surface area contributed by atoms with Crippen LogP contribution in [0.1, 0.15) is 24.8 Å². The normalized spacial score (nSPS) is 16.9. The van der Waals surface area contributed by atoms with Crippen molar-refractivity contribution in [2.75, 3.05) is 31.5 Å². The average molecular weight is 276 g/mol. The second-order valence-corrected chi connectivity index (χ2v) is 6.01. The molecule has 1 aliphatic heterocycles. The van der Waals surface area contributed by atoms with Crippen LogP contribution in [0.25, 0.3) is 10.2 Å². The molecule has 0 amide bonds. The van der Waals surface area contributed by atoms with Crippen LogP contribution in [0.2, 0.25) is 0 Å². The maximum Gasteiger partial charge on any atom is 0.138 e. The van der Waals surface area contributed by atoms with Crippen molar-refractivity contribution in [2.45, 2.75) is 26.2 Å². The lowest BCUT2D eigenvalue weighted by Crippen LogP contribution is -2.33. The number of fused-ring (bicyclic) bond motifs is 1. The highest BCUT2D eigenvalue weighted by Gasteiger charge is 2.11. The van der Waals surface area contributed by atoms with E-state index in [1.807, 2.05) is 0 Å². The van der Waals surface area contributed by atoms with Crippen LogP contribution in [0.3, 0.4) is 0 Å². The Bertz CT molecular complexity index is 545. The molecule has 0 aromatic carbocycles. The zero-order chi connectivity index (χ0) is 13.1. The van der Waals surface area contributed by atoms with Crippen molar-refractivity contribution in [3.8, 4) is 0 Å². The molecular formula is C14H20N4S. The molecule has 3 heterocycles. The SMILES string of the molecule is Cc1csc2ncnc(NCCN3CCCCC3)c12. The van der Waals surface area contributed by atoms with Gasteiger partial charge in [0.25, 0.3) is 0 Å². The molecule has 0 atom stereocenters. The van der Waals surface area contributed by atoms with E-state index in [-0.39, 0.29) is 0 Å². The lowest BCUT2D eigenvalue weighted by Gasteiger charge is -2.26. The highest BCUT2D eigenvalue weighted by molar-refractivity contribution is 7.17. The van der Waals surface area contributed by atoms with Gasteiger partial charge in [-0.15, -0.1) is 11.3 Å². The minimum Gasteiger partial charge on any atom is -0.368 e. The van der Waals surface area contributed by atoms with Crippen LogP contribution in [0.4, 0.5) is 5.82 Å². The number of aryl methyl sites for hydroxylation is 1. The van der Waals surface area contributed by atoms with Crippen LogP contribution >= 0.6 is 11.3 Å². The molecule has 4 nitrogen and oxygen atoms in total. The Labute approximate surface area is 117 Å². The molecule has 1 fully saturated rings. The first-order valence-electron chi connectivity index (χ1n) is 6.99. The van der Waals surface area contributed by atoms with E-state index < -0.39 is 0 Å². The third kappa shape index (κ3) is 2.87. The third-order valence-electron chi connectivity index (χ3n) is 3.72. The van der Waals surface area contributed by atoms with Gasteiger partial charge in [-0.2, -0.15) is 0 Å². The van der Waals surface area contributed by atoms with Gasteiger partial charge in [0.15, 0.2) is 0 Å². The summed E-state index contributed by atoms with van der Waals surface area (Å²) < 4.78 is 0. The molecular weight excluding hydrogens is 256 g/mol. The van der Waals surface area contributed by atoms with E-state index in [1.165, 1.54) is 43.3 Å². The minimum atomic E-state index is 0.960. The summed E-state index contributed by atoms with van der Waals surface area (Å²) in [4.78, 5) is 12.3. The van der Waals surface area contributed by atoms with E-state index in [4.69, 9.17) is 0 Å². The number of hydrogen-bond donors (Lipinski definition) is 1. The molecule has 1 N–H and O–H groups in total. The second kappa shape index (κ2) is 5.84. The van der Waals surface area contributed by atoms with Crippen molar-refractivity contribution in [1.29, 1.82) is 0 Å². The van der Waals surface area contributed by atoms with Crippen LogP contribution in [-0.4, -0.2) is 41.0 Å². The Morgan fingerprint density at radius 2 is 2.11 bits per heavy atom. The predicted molar refractivity (Wildman–Crippen MR) is 80.9 cm³/mol. The standard InChI is InChI=1S/C14H20N4S/c1-11-9-19-14-12(11)13(16-10-17-14)15-5-8-18-6-3-2-4-7-18/h9-10H,2-8H2,1H3,(H,15,16,17). The number of likely N-dealkylation sites (tertiary alicyclic amines) is 1. The first-order chi connectivity index (χ1) is 9.34. The number of piperidine rings is 1. The molecule has 0 saturated carbocycles. The maximum atomic E-state index is 4.39. The lowest BCUT2D eigenvalue weighted by atomic mass is 10.1. The number of hydrogen-bond acceptors (Lipinski definition) is 5. The Kier molecular flexibility index (Phi) is 3.94. The average Bonchev–Trinajstić information content (AvgIpc) is 2.83. The van der Waals surface area contributed by atoms with Crippen molar-refractivity contribution in [1.82, 2.24) is 14.9 Å². The third-order valence-corrected chi connectivity index (χ3v) is 4.73. The minimum absolute atomic E-state index is 0.960. The fourth-order valence-electron chi connectivity index (χ4n) is 2.67. The first-order valence-corrected chi connectivity index (χ1v) is 7.87. The summed E-state index contributed by atoms with van der Waals surface area (Å²) in [5, 5.41) is 6.81. The quantitative estimate of drug-likeness (QED) is 0.932. The molecule has 1 aliphatic rings. The molecule has 0 bridgehead atoms. The summed E-state index contributed by atoms with van der Waals surface area (Å²) in [5.74, 6) is 0.987. The summed E-state index contributed by atoms with van der Waals surface area (Å²) in [6, 6.07) is 0. The molecule has 1 saturated heterocycles. The Balaban J connectivity index is 1.63. The van der Waals surface area contributed by atoms with E-state index >= 15 is 0 Å². The molecule has 0 aliphatic carbocycles. The predicted octanol–water partition coefficient (Wildman–Crippen LogP) is 2.90. The van der Waals surface area contributed by atoms with Gasteiger partial charge in [-0.3, -0.25) is 0 Å². The van der Waals surface area contributed by atoms with Gasteiger partial charge in [0, 0.05) is 13.1 Å². The zero-order valence-electron chi connectivity index (χ0n) is 11.4. The first kappa shape index (κ1) is 12.8. The summed E-state index contributed by atoms with van der Waals surface area (Å²) in [6.45, 7) is 6.69. The molecule has 0 spiro atoms. The van der Waals surface area contributed by atoms with Crippen LogP contribution in [-0.2, 0) is 0 Å². The fourth-order valence-corrected chi connectivity index (χ4v) is 3.56. The highest BCUT2D eigenvalue weighted by Crippen LogP contribution is 2.28. The number of nitrogens with one attached hydrogen (secondary N) is 1. The van der Waals surface area contributed by atoms with Crippen molar-refractivity contribution >= 4 is 27.4 Å². The summed E-state index contributed by atoms with van der Waals surface area (Å²) in [5.41, 5.74) is 1.26. The van der Waals surface area contributed by atoms with E-state index in [0.717, 1.165) is 23.7 Å². The molecule has 2 aromatic heterocycles. The number of nitrogens with zero attached hydrogens (tertiary/aromatic N) is 3. The van der Waals surface area contributed by atoms with Crippen LogP contribution in [0, 0.1) is 6.92 Å². The van der Waals surface area contributed by atoms with Gasteiger partial charge in [0.05, 0.1) is 5.39 Å². The molecule has 102 valence electrons. The van der Waals surface area contributed by atoms with Gasteiger partial charge >= 0.3 is 0 Å². The van der Waals surface area contributed by atoms with Crippen molar-refractivity contribution < 1.29 is 0 Å². The topological polar surface area (TPSA) is 41.1 Å². The number of aromatic nitrogens is 2. The molecule has 2 aromatic rings. The van der Waals surface area contributed by atoms with Gasteiger partial charge in [-0.1, -0.05) is 6.42 Å². The molecule has 5 heteroatoms. The van der Waals surface area contributed by atoms with Gasteiger partial charge in [0.1, 0.15) is 17.0 Å². The second-order valence-electron chi connectivity index (χ2n) is 5.15. The zero-order valence-corrected chi connectivity index (χ0v) is 12.2. The summed E-state index contributed by atoms with van der Waals surface area (Å²) in [7, 11) is 0. The fraction of sp³-hybridized carbons (Fsp3) is 0.571. The van der Waals surface area contributed by atoms with E-state index in [9.17, 15) is 0 Å². The molecule has 0 unspecified atom stereocenters. The smallest absolute Gasteiger partial charge is 0.138 e.